The van der Waals surface area contributed by atoms with Crippen LogP contribution >= 0.6 is 0 Å². The number of hydrogen-bond acceptors (Lipinski definition) is 0. The van der Waals surface area contributed by atoms with E-state index >= 15 is 0 Å². The van der Waals surface area contributed by atoms with E-state index in [2.05, 4.69) is 62.4 Å². The van der Waals surface area contributed by atoms with Gasteiger partial charge in [0, 0.05) is 0 Å². The highest BCUT2D eigenvalue weighted by Crippen LogP contribution is 2.10. The zero-order valence-corrected chi connectivity index (χ0v) is 12.6. The zero-order chi connectivity index (χ0) is 13.8. The average molecular weight is 256 g/mol. The van der Waals surface area contributed by atoms with Gasteiger partial charge in [0.05, 0.1) is 0 Å². The summed E-state index contributed by atoms with van der Waals surface area (Å²) in [6, 6.07) is 8.96. The normalized spacial score (nSPS) is 11.7. The second-order valence-corrected chi connectivity index (χ2v) is 5.13. The van der Waals surface area contributed by atoms with Crippen molar-refractivity contribution in [3.63, 3.8) is 0 Å². The van der Waals surface area contributed by atoms with Gasteiger partial charge in [-0.3, -0.25) is 0 Å². The molecule has 0 atom stereocenters. The topological polar surface area (TPSA) is 0 Å². The number of unbranched alkanes of at least 4 members (excludes halogenated alkanes) is 4. The standard InChI is InChI=1S/C19H28/c1-3-5-7-8-9-11-13-19-16-14-18(15-17-19)12-10-6-4-2/h8-9,11,13-17H,3-7,10,12H2,1-2H3/b9-8+,13-11+. The molecule has 0 aliphatic heterocycles. The Kier molecular flexibility index (Phi) is 8.80. The molecule has 0 saturated heterocycles. The molecule has 1 aromatic carbocycles. The van der Waals surface area contributed by atoms with Crippen LogP contribution in [0.4, 0.5) is 0 Å². The fourth-order valence-corrected chi connectivity index (χ4v) is 2.04. The van der Waals surface area contributed by atoms with Crippen LogP contribution in [0.3, 0.4) is 0 Å². The lowest BCUT2D eigenvalue weighted by Crippen LogP contribution is -1.85. The molecule has 0 aliphatic rings. The third-order valence-corrected chi connectivity index (χ3v) is 3.31. The van der Waals surface area contributed by atoms with Crippen molar-refractivity contribution in [1.82, 2.24) is 0 Å². The molecule has 0 heterocycles. The third kappa shape index (κ3) is 7.66. The molecule has 19 heavy (non-hydrogen) atoms. The SMILES string of the molecule is CCCC/C=C/C=C/c1ccc(CCCCC)cc1. The van der Waals surface area contributed by atoms with Gasteiger partial charge >= 0.3 is 0 Å². The van der Waals surface area contributed by atoms with Gasteiger partial charge in [0.1, 0.15) is 0 Å². The van der Waals surface area contributed by atoms with Crippen LogP contribution in [0.2, 0.25) is 0 Å². The number of aryl methyl sites for hydroxylation is 1. The van der Waals surface area contributed by atoms with E-state index in [1.165, 1.54) is 56.1 Å². The van der Waals surface area contributed by atoms with E-state index in [0.29, 0.717) is 0 Å². The lowest BCUT2D eigenvalue weighted by Gasteiger charge is -2.01. The third-order valence-electron chi connectivity index (χ3n) is 3.31. The Hall–Kier alpha value is -1.30. The Morgan fingerprint density at radius 2 is 1.58 bits per heavy atom. The Morgan fingerprint density at radius 3 is 2.26 bits per heavy atom. The van der Waals surface area contributed by atoms with E-state index in [0.717, 1.165) is 0 Å². The second kappa shape index (κ2) is 10.6. The minimum absolute atomic E-state index is 1.19. The van der Waals surface area contributed by atoms with Crippen LogP contribution in [-0.4, -0.2) is 0 Å². The Morgan fingerprint density at radius 1 is 0.842 bits per heavy atom. The van der Waals surface area contributed by atoms with Gasteiger partial charge in [0.15, 0.2) is 0 Å². The Bertz CT molecular complexity index is 368. The summed E-state index contributed by atoms with van der Waals surface area (Å²) in [5.74, 6) is 0. The molecule has 0 N–H and O–H groups in total. The molecular weight excluding hydrogens is 228 g/mol. The summed E-state index contributed by atoms with van der Waals surface area (Å²) in [5.41, 5.74) is 2.75. The van der Waals surface area contributed by atoms with Gasteiger partial charge in [-0.05, 0) is 30.4 Å². The quantitative estimate of drug-likeness (QED) is 0.365. The van der Waals surface area contributed by atoms with E-state index in [1.807, 2.05) is 0 Å². The van der Waals surface area contributed by atoms with Crippen molar-refractivity contribution >= 4 is 6.08 Å². The Labute approximate surface area is 119 Å². The molecule has 0 aliphatic carbocycles. The van der Waals surface area contributed by atoms with Crippen molar-refractivity contribution in [2.45, 2.75) is 58.8 Å². The molecular formula is C19H28. The molecule has 0 aromatic heterocycles. The fourth-order valence-electron chi connectivity index (χ4n) is 2.04. The van der Waals surface area contributed by atoms with Crippen molar-refractivity contribution in [3.05, 3.63) is 53.6 Å². The van der Waals surface area contributed by atoms with Crippen molar-refractivity contribution in [1.29, 1.82) is 0 Å². The molecule has 1 aromatic rings. The van der Waals surface area contributed by atoms with Crippen molar-refractivity contribution in [2.75, 3.05) is 0 Å². The molecule has 0 bridgehead atoms. The molecule has 0 nitrogen and oxygen atoms in total. The van der Waals surface area contributed by atoms with Gasteiger partial charge in [-0.15, -0.1) is 0 Å². The van der Waals surface area contributed by atoms with Gasteiger partial charge in [0.25, 0.3) is 0 Å². The van der Waals surface area contributed by atoms with Crippen LogP contribution in [0, 0.1) is 0 Å². The first kappa shape index (κ1) is 15.8. The predicted molar refractivity (Wildman–Crippen MR) is 87.4 cm³/mol. The molecule has 1 rings (SSSR count). The molecule has 0 fully saturated rings. The van der Waals surface area contributed by atoms with Crippen LogP contribution in [0.5, 0.6) is 0 Å². The molecule has 0 saturated carbocycles. The summed E-state index contributed by atoms with van der Waals surface area (Å²) >= 11 is 0. The molecule has 0 heteroatoms. The predicted octanol–water partition coefficient (Wildman–Crippen LogP) is 6.18. The number of hydrogen-bond donors (Lipinski definition) is 0. The maximum absolute atomic E-state index is 2.26. The van der Waals surface area contributed by atoms with Crippen LogP contribution < -0.4 is 0 Å². The van der Waals surface area contributed by atoms with Gasteiger partial charge in [-0.25, -0.2) is 0 Å². The average Bonchev–Trinajstić information content (AvgIpc) is 2.44. The maximum Gasteiger partial charge on any atom is -0.0256 e. The summed E-state index contributed by atoms with van der Waals surface area (Å²) in [6.45, 7) is 4.48. The highest BCUT2D eigenvalue weighted by atomic mass is 14.0. The van der Waals surface area contributed by atoms with E-state index in [4.69, 9.17) is 0 Å². The first-order valence-electron chi connectivity index (χ1n) is 7.79. The molecule has 0 unspecified atom stereocenters. The summed E-state index contributed by atoms with van der Waals surface area (Å²) < 4.78 is 0. The van der Waals surface area contributed by atoms with Gasteiger partial charge in [-0.1, -0.05) is 88.1 Å². The highest BCUT2D eigenvalue weighted by molar-refractivity contribution is 5.51. The molecule has 104 valence electrons. The number of rotatable bonds is 9. The summed E-state index contributed by atoms with van der Waals surface area (Å²) in [5, 5.41) is 0. The Balaban J connectivity index is 2.34. The van der Waals surface area contributed by atoms with Gasteiger partial charge < -0.3 is 0 Å². The summed E-state index contributed by atoms with van der Waals surface area (Å²) in [4.78, 5) is 0. The molecule has 0 amide bonds. The summed E-state index contributed by atoms with van der Waals surface area (Å²) in [6.07, 6.45) is 17.6. The van der Waals surface area contributed by atoms with Crippen LogP contribution in [0.25, 0.3) is 6.08 Å². The number of allylic oxidation sites excluding steroid dienone is 3. The lowest BCUT2D eigenvalue weighted by atomic mass is 10.1. The summed E-state index contributed by atoms with van der Waals surface area (Å²) in [7, 11) is 0. The number of benzene rings is 1. The van der Waals surface area contributed by atoms with Crippen LogP contribution in [0.1, 0.15) is 63.5 Å². The zero-order valence-electron chi connectivity index (χ0n) is 12.6. The highest BCUT2D eigenvalue weighted by Gasteiger charge is 1.92. The smallest absolute Gasteiger partial charge is 0.0256 e. The van der Waals surface area contributed by atoms with E-state index in [9.17, 15) is 0 Å². The van der Waals surface area contributed by atoms with Crippen molar-refractivity contribution in [3.8, 4) is 0 Å². The minimum atomic E-state index is 1.19. The van der Waals surface area contributed by atoms with E-state index in [1.54, 1.807) is 0 Å². The van der Waals surface area contributed by atoms with Crippen molar-refractivity contribution in [2.24, 2.45) is 0 Å². The maximum atomic E-state index is 2.26. The molecule has 0 radical (unpaired) electrons. The monoisotopic (exact) mass is 256 g/mol. The molecule has 0 spiro atoms. The van der Waals surface area contributed by atoms with Gasteiger partial charge in [0.2, 0.25) is 0 Å². The fraction of sp³-hybridized carbons (Fsp3) is 0.474. The van der Waals surface area contributed by atoms with Crippen LogP contribution in [0.15, 0.2) is 42.5 Å². The van der Waals surface area contributed by atoms with Crippen LogP contribution in [-0.2, 0) is 6.42 Å². The second-order valence-electron chi connectivity index (χ2n) is 5.13. The first-order chi connectivity index (χ1) is 9.36. The first-order valence-corrected chi connectivity index (χ1v) is 7.79. The van der Waals surface area contributed by atoms with Gasteiger partial charge in [-0.2, -0.15) is 0 Å². The minimum Gasteiger partial charge on any atom is -0.0845 e. The largest absolute Gasteiger partial charge is 0.0845 e. The lowest BCUT2D eigenvalue weighted by molar-refractivity contribution is 0.717. The van der Waals surface area contributed by atoms with Crippen molar-refractivity contribution < 1.29 is 0 Å². The van der Waals surface area contributed by atoms with E-state index in [-0.39, 0.29) is 0 Å². The van der Waals surface area contributed by atoms with E-state index < -0.39 is 0 Å².